The van der Waals surface area contributed by atoms with E-state index in [-0.39, 0.29) is 11.8 Å². The zero-order chi connectivity index (χ0) is 11.5. The minimum Gasteiger partial charge on any atom is -0.378 e. The summed E-state index contributed by atoms with van der Waals surface area (Å²) < 4.78 is 5.50. The molecule has 2 fully saturated rings. The van der Waals surface area contributed by atoms with Gasteiger partial charge in [0.15, 0.2) is 0 Å². The number of Topliss-reactive ketones (excluding diaryl/α,β-unsaturated/α-hetero) is 1. The van der Waals surface area contributed by atoms with Crippen molar-refractivity contribution in [3.63, 3.8) is 0 Å². The molecule has 2 bridgehead atoms. The molecule has 92 valence electrons. The van der Waals surface area contributed by atoms with Gasteiger partial charge < -0.3 is 10.1 Å². The lowest BCUT2D eigenvalue weighted by molar-refractivity contribution is -0.130. The first-order valence-corrected chi connectivity index (χ1v) is 6.62. The molecule has 0 saturated carbocycles. The molecular weight excluding hydrogens is 202 g/mol. The fourth-order valence-electron chi connectivity index (χ4n) is 3.09. The van der Waals surface area contributed by atoms with Crippen molar-refractivity contribution in [3.05, 3.63) is 0 Å². The van der Waals surface area contributed by atoms with Crippen LogP contribution in [0, 0.1) is 11.8 Å². The maximum atomic E-state index is 12.3. The third kappa shape index (κ3) is 2.46. The van der Waals surface area contributed by atoms with Crippen LogP contribution in [0.2, 0.25) is 0 Å². The van der Waals surface area contributed by atoms with Gasteiger partial charge in [0.2, 0.25) is 0 Å². The number of hydrogen-bond donors (Lipinski definition) is 1. The maximum absolute atomic E-state index is 12.3. The number of nitrogens with one attached hydrogen (secondary N) is 1. The quantitative estimate of drug-likeness (QED) is 0.792. The molecule has 0 aromatic rings. The molecule has 0 amide bonds. The molecule has 0 radical (unpaired) electrons. The fourth-order valence-corrected chi connectivity index (χ4v) is 3.09. The van der Waals surface area contributed by atoms with Gasteiger partial charge in [-0.2, -0.15) is 0 Å². The van der Waals surface area contributed by atoms with E-state index >= 15 is 0 Å². The Morgan fingerprint density at radius 3 is 2.31 bits per heavy atom. The molecule has 3 nitrogen and oxygen atoms in total. The lowest BCUT2D eigenvalue weighted by atomic mass is 9.79. The van der Waals surface area contributed by atoms with E-state index in [4.69, 9.17) is 4.74 Å². The van der Waals surface area contributed by atoms with Crippen molar-refractivity contribution in [2.24, 2.45) is 11.8 Å². The lowest BCUT2D eigenvalue weighted by Crippen LogP contribution is -2.55. The van der Waals surface area contributed by atoms with Gasteiger partial charge in [0.05, 0.1) is 13.2 Å². The SMILES string of the molecule is CCC(CC)C(=O)C1CC2COCC(C1)N2. The van der Waals surface area contributed by atoms with E-state index in [1.807, 2.05) is 0 Å². The van der Waals surface area contributed by atoms with Crippen molar-refractivity contribution in [2.45, 2.75) is 51.6 Å². The lowest BCUT2D eigenvalue weighted by Gasteiger charge is -2.40. The van der Waals surface area contributed by atoms with Gasteiger partial charge in [-0.15, -0.1) is 0 Å². The van der Waals surface area contributed by atoms with E-state index in [1.54, 1.807) is 0 Å². The molecule has 2 heterocycles. The van der Waals surface area contributed by atoms with Crippen molar-refractivity contribution < 1.29 is 9.53 Å². The highest BCUT2D eigenvalue weighted by molar-refractivity contribution is 5.83. The van der Waals surface area contributed by atoms with Gasteiger partial charge in [-0.25, -0.2) is 0 Å². The van der Waals surface area contributed by atoms with Crippen LogP contribution in [0.3, 0.4) is 0 Å². The molecule has 16 heavy (non-hydrogen) atoms. The predicted molar refractivity (Wildman–Crippen MR) is 63.3 cm³/mol. The minimum atomic E-state index is 0.282. The number of carbonyl (C=O) groups is 1. The standard InChI is InChI=1S/C13H23NO2/c1-3-9(4-2)13(15)10-5-11-7-16-8-12(6-10)14-11/h9-12,14H,3-8H2,1-2H3. The molecule has 1 N–H and O–H groups in total. The Hall–Kier alpha value is -0.410. The van der Waals surface area contributed by atoms with Gasteiger partial charge in [0.25, 0.3) is 0 Å². The monoisotopic (exact) mass is 225 g/mol. The van der Waals surface area contributed by atoms with Crippen LogP contribution in [0.1, 0.15) is 39.5 Å². The highest BCUT2D eigenvalue weighted by atomic mass is 16.5. The number of ketones is 1. The van der Waals surface area contributed by atoms with E-state index in [0.29, 0.717) is 17.9 Å². The van der Waals surface area contributed by atoms with Crippen LogP contribution in [0.5, 0.6) is 0 Å². The van der Waals surface area contributed by atoms with Crippen LogP contribution in [-0.2, 0) is 9.53 Å². The van der Waals surface area contributed by atoms with Crippen LogP contribution in [-0.4, -0.2) is 31.1 Å². The van der Waals surface area contributed by atoms with E-state index in [9.17, 15) is 4.79 Å². The fraction of sp³-hybridized carbons (Fsp3) is 0.923. The third-order valence-electron chi connectivity index (χ3n) is 4.04. The van der Waals surface area contributed by atoms with E-state index < -0.39 is 0 Å². The summed E-state index contributed by atoms with van der Waals surface area (Å²) in [6.07, 6.45) is 3.94. The van der Waals surface area contributed by atoms with Gasteiger partial charge in [-0.3, -0.25) is 4.79 Å². The molecule has 3 heteroatoms. The summed E-state index contributed by atoms with van der Waals surface area (Å²) >= 11 is 0. The summed E-state index contributed by atoms with van der Waals surface area (Å²) in [7, 11) is 0. The first kappa shape index (κ1) is 12.1. The summed E-state index contributed by atoms with van der Waals surface area (Å²) in [5.41, 5.74) is 0. The second-order valence-corrected chi connectivity index (χ2v) is 5.18. The Bertz CT molecular complexity index is 238. The average Bonchev–Trinajstić information content (AvgIpc) is 2.30. The third-order valence-corrected chi connectivity index (χ3v) is 4.04. The molecule has 2 aliphatic rings. The highest BCUT2D eigenvalue weighted by Gasteiger charge is 2.36. The number of hydrogen-bond acceptors (Lipinski definition) is 3. The van der Waals surface area contributed by atoms with Gasteiger partial charge >= 0.3 is 0 Å². The van der Waals surface area contributed by atoms with Gasteiger partial charge in [-0.1, -0.05) is 13.8 Å². The number of morpholine rings is 1. The summed E-state index contributed by atoms with van der Waals surface area (Å²) in [6.45, 7) is 5.81. The van der Waals surface area contributed by atoms with Crippen LogP contribution < -0.4 is 5.32 Å². The van der Waals surface area contributed by atoms with Crippen LogP contribution in [0.4, 0.5) is 0 Å². The smallest absolute Gasteiger partial charge is 0.139 e. The molecule has 2 atom stereocenters. The zero-order valence-corrected chi connectivity index (χ0v) is 10.4. The predicted octanol–water partition coefficient (Wildman–Crippen LogP) is 1.76. The Balaban J connectivity index is 1.96. The molecule has 2 rings (SSSR count). The van der Waals surface area contributed by atoms with Crippen LogP contribution >= 0.6 is 0 Å². The second-order valence-electron chi connectivity index (χ2n) is 5.18. The first-order chi connectivity index (χ1) is 7.74. The Morgan fingerprint density at radius 2 is 1.81 bits per heavy atom. The maximum Gasteiger partial charge on any atom is 0.139 e. The number of piperidine rings is 1. The molecule has 0 aromatic heterocycles. The highest BCUT2D eigenvalue weighted by Crippen LogP contribution is 2.28. The number of fused-ring (bicyclic) bond motifs is 2. The summed E-state index contributed by atoms with van der Waals surface area (Å²) in [5, 5.41) is 3.54. The Morgan fingerprint density at radius 1 is 1.25 bits per heavy atom. The molecule has 0 spiro atoms. The largest absolute Gasteiger partial charge is 0.378 e. The molecule has 0 aliphatic carbocycles. The number of rotatable bonds is 4. The van der Waals surface area contributed by atoms with Crippen molar-refractivity contribution in [2.75, 3.05) is 13.2 Å². The van der Waals surface area contributed by atoms with Gasteiger partial charge in [0, 0.05) is 23.9 Å². The van der Waals surface area contributed by atoms with Gasteiger partial charge in [-0.05, 0) is 25.7 Å². The summed E-state index contributed by atoms with van der Waals surface area (Å²) in [5.74, 6) is 1.07. The Kier molecular flexibility index (Phi) is 3.98. The van der Waals surface area contributed by atoms with Crippen LogP contribution in [0.15, 0.2) is 0 Å². The second kappa shape index (κ2) is 5.28. The zero-order valence-electron chi connectivity index (χ0n) is 10.4. The van der Waals surface area contributed by atoms with Gasteiger partial charge in [0.1, 0.15) is 5.78 Å². The average molecular weight is 225 g/mol. The summed E-state index contributed by atoms with van der Waals surface area (Å²) in [4.78, 5) is 12.3. The number of ether oxygens (including phenoxy) is 1. The van der Waals surface area contributed by atoms with E-state index in [0.717, 1.165) is 38.9 Å². The molecule has 2 saturated heterocycles. The molecule has 2 unspecified atom stereocenters. The van der Waals surface area contributed by atoms with Crippen LogP contribution in [0.25, 0.3) is 0 Å². The molecule has 2 aliphatic heterocycles. The van der Waals surface area contributed by atoms with Crippen molar-refractivity contribution in [1.29, 1.82) is 0 Å². The minimum absolute atomic E-state index is 0.282. The van der Waals surface area contributed by atoms with E-state index in [2.05, 4.69) is 19.2 Å². The van der Waals surface area contributed by atoms with Crippen molar-refractivity contribution >= 4 is 5.78 Å². The first-order valence-electron chi connectivity index (χ1n) is 6.62. The van der Waals surface area contributed by atoms with Crippen molar-refractivity contribution in [1.82, 2.24) is 5.32 Å². The Labute approximate surface area is 97.9 Å². The van der Waals surface area contributed by atoms with Crippen molar-refractivity contribution in [3.8, 4) is 0 Å². The topological polar surface area (TPSA) is 38.3 Å². The normalized spacial score (nSPS) is 34.1. The molecular formula is C13H23NO2. The number of carbonyl (C=O) groups excluding carboxylic acids is 1. The molecule has 0 aromatic carbocycles. The van der Waals surface area contributed by atoms with E-state index in [1.165, 1.54) is 0 Å². The summed E-state index contributed by atoms with van der Waals surface area (Å²) in [6, 6.07) is 0.826.